The van der Waals surface area contributed by atoms with E-state index in [1.165, 1.54) is 27.6 Å². The van der Waals surface area contributed by atoms with Gasteiger partial charge in [0, 0.05) is 19.8 Å². The highest BCUT2D eigenvalue weighted by Gasteiger charge is 1.97. The first-order valence-electron chi connectivity index (χ1n) is 7.17. The number of benzene rings is 3. The molecule has 0 bridgehead atoms. The van der Waals surface area contributed by atoms with Crippen LogP contribution >= 0.6 is 0 Å². The van der Waals surface area contributed by atoms with Gasteiger partial charge in [-0.05, 0) is 34.0 Å². The molecule has 21 heavy (non-hydrogen) atoms. The average Bonchev–Trinajstić information content (AvgIpc) is 2.53. The summed E-state index contributed by atoms with van der Waals surface area (Å²) in [6, 6.07) is 23.5. The number of nitrogens with zero attached hydrogens (tertiary/aromatic N) is 1. The quantitative estimate of drug-likeness (QED) is 0.602. The summed E-state index contributed by atoms with van der Waals surface area (Å²) in [7, 11) is 4.11. The monoisotopic (exact) mass is 273 g/mol. The summed E-state index contributed by atoms with van der Waals surface area (Å²) in [5, 5.41) is 2.57. The zero-order valence-corrected chi connectivity index (χ0v) is 12.5. The van der Waals surface area contributed by atoms with E-state index in [0.29, 0.717) is 0 Å². The Hall–Kier alpha value is -2.54. The van der Waals surface area contributed by atoms with Crippen LogP contribution in [0.4, 0.5) is 5.69 Å². The van der Waals surface area contributed by atoms with Crippen LogP contribution in [0.2, 0.25) is 0 Å². The fourth-order valence-electron chi connectivity index (χ4n) is 2.47. The van der Waals surface area contributed by atoms with Gasteiger partial charge >= 0.3 is 0 Å². The molecule has 0 aliphatic heterocycles. The third-order valence-corrected chi connectivity index (χ3v) is 3.69. The van der Waals surface area contributed by atoms with E-state index >= 15 is 0 Å². The third-order valence-electron chi connectivity index (χ3n) is 3.69. The first-order chi connectivity index (χ1) is 10.2. The summed E-state index contributed by atoms with van der Waals surface area (Å²) >= 11 is 0. The van der Waals surface area contributed by atoms with Crippen molar-refractivity contribution in [2.75, 3.05) is 19.0 Å². The molecule has 0 saturated heterocycles. The largest absolute Gasteiger partial charge is 0.378 e. The first kappa shape index (κ1) is 13.4. The molecule has 0 atom stereocenters. The molecule has 3 aromatic carbocycles. The lowest BCUT2D eigenvalue weighted by atomic mass is 10.0. The number of hydrogen-bond acceptors (Lipinski definition) is 1. The Balaban J connectivity index is 1.91. The van der Waals surface area contributed by atoms with E-state index < -0.39 is 0 Å². The van der Waals surface area contributed by atoms with Gasteiger partial charge in [-0.3, -0.25) is 0 Å². The maximum atomic E-state index is 2.19. The summed E-state index contributed by atoms with van der Waals surface area (Å²) < 4.78 is 0. The fraction of sp³-hybridized carbons (Fsp3) is 0.100. The standard InChI is InChI=1S/C20H19N/c1-21(2)19-14-11-16(12-15-19)10-13-18-8-5-7-17-6-3-4-9-20(17)18/h3-15H,1-2H3/b13-10-. The van der Waals surface area contributed by atoms with Crippen LogP contribution in [-0.4, -0.2) is 14.1 Å². The minimum atomic E-state index is 1.22. The van der Waals surface area contributed by atoms with Gasteiger partial charge in [-0.25, -0.2) is 0 Å². The lowest BCUT2D eigenvalue weighted by Crippen LogP contribution is -2.07. The van der Waals surface area contributed by atoms with Gasteiger partial charge in [0.05, 0.1) is 0 Å². The molecule has 0 unspecified atom stereocenters. The lowest BCUT2D eigenvalue weighted by Gasteiger charge is -2.11. The number of anilines is 1. The van der Waals surface area contributed by atoms with Crippen molar-refractivity contribution in [3.63, 3.8) is 0 Å². The summed E-state index contributed by atoms with van der Waals surface area (Å²) in [6.07, 6.45) is 4.36. The Labute approximate surface area is 126 Å². The van der Waals surface area contributed by atoms with E-state index in [2.05, 4.69) is 97.9 Å². The molecular weight excluding hydrogens is 254 g/mol. The average molecular weight is 273 g/mol. The van der Waals surface area contributed by atoms with Crippen molar-refractivity contribution < 1.29 is 0 Å². The van der Waals surface area contributed by atoms with Crippen LogP contribution in [0.15, 0.2) is 66.7 Å². The Morgan fingerprint density at radius 3 is 2.19 bits per heavy atom. The van der Waals surface area contributed by atoms with E-state index in [-0.39, 0.29) is 0 Å². The summed E-state index contributed by atoms with van der Waals surface area (Å²) in [5.41, 5.74) is 3.69. The maximum absolute atomic E-state index is 2.19. The molecule has 0 aromatic heterocycles. The van der Waals surface area contributed by atoms with Gasteiger partial charge in [0.15, 0.2) is 0 Å². The summed E-state index contributed by atoms with van der Waals surface area (Å²) in [4.78, 5) is 2.11. The molecule has 0 amide bonds. The smallest absolute Gasteiger partial charge is 0.0361 e. The molecule has 3 aromatic rings. The van der Waals surface area contributed by atoms with Crippen LogP contribution in [0.3, 0.4) is 0 Å². The lowest BCUT2D eigenvalue weighted by molar-refractivity contribution is 1.13. The van der Waals surface area contributed by atoms with Gasteiger partial charge in [0.2, 0.25) is 0 Å². The van der Waals surface area contributed by atoms with Crippen LogP contribution < -0.4 is 4.90 Å². The van der Waals surface area contributed by atoms with Crippen molar-refractivity contribution in [1.29, 1.82) is 0 Å². The van der Waals surface area contributed by atoms with Crippen LogP contribution in [0, 0.1) is 0 Å². The van der Waals surface area contributed by atoms with Gasteiger partial charge in [-0.1, -0.05) is 66.7 Å². The van der Waals surface area contributed by atoms with Crippen molar-refractivity contribution in [2.24, 2.45) is 0 Å². The van der Waals surface area contributed by atoms with E-state index in [1.54, 1.807) is 0 Å². The van der Waals surface area contributed by atoms with Gasteiger partial charge in [-0.2, -0.15) is 0 Å². The van der Waals surface area contributed by atoms with Crippen LogP contribution in [-0.2, 0) is 0 Å². The van der Waals surface area contributed by atoms with Crippen LogP contribution in [0.5, 0.6) is 0 Å². The number of fused-ring (bicyclic) bond motifs is 1. The molecule has 0 saturated carbocycles. The highest BCUT2D eigenvalue weighted by atomic mass is 15.1. The highest BCUT2D eigenvalue weighted by molar-refractivity contribution is 5.92. The Kier molecular flexibility index (Phi) is 3.74. The molecule has 1 heteroatoms. The zero-order valence-electron chi connectivity index (χ0n) is 12.5. The van der Waals surface area contributed by atoms with E-state index in [4.69, 9.17) is 0 Å². The van der Waals surface area contributed by atoms with Crippen molar-refractivity contribution in [3.8, 4) is 0 Å². The second kappa shape index (κ2) is 5.84. The Bertz CT molecular complexity index is 762. The normalized spacial score (nSPS) is 11.1. The van der Waals surface area contributed by atoms with E-state index in [1.807, 2.05) is 0 Å². The molecule has 0 aliphatic carbocycles. The molecule has 1 nitrogen and oxygen atoms in total. The molecule has 104 valence electrons. The Morgan fingerprint density at radius 1 is 0.714 bits per heavy atom. The topological polar surface area (TPSA) is 3.24 Å². The second-order valence-electron chi connectivity index (χ2n) is 5.39. The maximum Gasteiger partial charge on any atom is 0.0361 e. The van der Waals surface area contributed by atoms with Gasteiger partial charge in [0.1, 0.15) is 0 Å². The summed E-state index contributed by atoms with van der Waals surface area (Å²) in [5.74, 6) is 0. The molecular formula is C20H19N. The predicted octanol–water partition coefficient (Wildman–Crippen LogP) is 5.08. The molecule has 0 aliphatic rings. The second-order valence-corrected chi connectivity index (χ2v) is 5.39. The molecule has 3 rings (SSSR count). The van der Waals surface area contributed by atoms with E-state index in [0.717, 1.165) is 0 Å². The first-order valence-corrected chi connectivity index (χ1v) is 7.17. The van der Waals surface area contributed by atoms with Gasteiger partial charge in [-0.15, -0.1) is 0 Å². The molecule has 0 radical (unpaired) electrons. The van der Waals surface area contributed by atoms with Gasteiger partial charge < -0.3 is 4.90 Å². The highest BCUT2D eigenvalue weighted by Crippen LogP contribution is 2.21. The minimum Gasteiger partial charge on any atom is -0.378 e. The SMILES string of the molecule is CN(C)c1ccc(/C=C\c2cccc3ccccc23)cc1. The fourth-order valence-corrected chi connectivity index (χ4v) is 2.47. The van der Waals surface area contributed by atoms with Crippen molar-refractivity contribution in [3.05, 3.63) is 77.9 Å². The molecule has 0 heterocycles. The summed E-state index contributed by atoms with van der Waals surface area (Å²) in [6.45, 7) is 0. The molecule has 0 fully saturated rings. The van der Waals surface area contributed by atoms with Crippen molar-refractivity contribution in [1.82, 2.24) is 0 Å². The Morgan fingerprint density at radius 2 is 1.43 bits per heavy atom. The minimum absolute atomic E-state index is 1.22. The number of hydrogen-bond donors (Lipinski definition) is 0. The predicted molar refractivity (Wildman–Crippen MR) is 93.6 cm³/mol. The third kappa shape index (κ3) is 2.97. The zero-order chi connectivity index (χ0) is 14.7. The van der Waals surface area contributed by atoms with E-state index in [9.17, 15) is 0 Å². The number of rotatable bonds is 3. The van der Waals surface area contributed by atoms with Crippen LogP contribution in [0.1, 0.15) is 11.1 Å². The van der Waals surface area contributed by atoms with Crippen molar-refractivity contribution in [2.45, 2.75) is 0 Å². The van der Waals surface area contributed by atoms with Crippen molar-refractivity contribution >= 4 is 28.6 Å². The van der Waals surface area contributed by atoms with Gasteiger partial charge in [0.25, 0.3) is 0 Å². The molecule has 0 spiro atoms. The van der Waals surface area contributed by atoms with Crippen LogP contribution in [0.25, 0.3) is 22.9 Å². The molecule has 0 N–H and O–H groups in total.